The fraction of sp³-hybridized carbons (Fsp3) is 0.375. The Morgan fingerprint density at radius 2 is 2.19 bits per heavy atom. The summed E-state index contributed by atoms with van der Waals surface area (Å²) in [5.74, 6) is 0.680. The summed E-state index contributed by atoms with van der Waals surface area (Å²) in [6.07, 6.45) is 0.748. The van der Waals surface area contributed by atoms with E-state index in [4.69, 9.17) is 11.6 Å². The standard InChI is InChI=1S/C16H18ClN3O/c1-10-3-4-12(7-14(10)17)8-20-6-5-13-15(9-20)18-11(2)19-16(13)21/h3-4,7H,5-6,8-9H2,1-2H3,(H,18,19,21). The highest BCUT2D eigenvalue weighted by Gasteiger charge is 2.20. The van der Waals surface area contributed by atoms with Crippen molar-refractivity contribution in [2.75, 3.05) is 6.54 Å². The lowest BCUT2D eigenvalue weighted by Crippen LogP contribution is -2.35. The first-order valence-electron chi connectivity index (χ1n) is 7.09. The van der Waals surface area contributed by atoms with Crippen molar-refractivity contribution in [1.82, 2.24) is 14.9 Å². The summed E-state index contributed by atoms with van der Waals surface area (Å²) < 4.78 is 0. The third kappa shape index (κ3) is 3.01. The molecule has 0 saturated carbocycles. The first kappa shape index (κ1) is 14.3. The Balaban J connectivity index is 1.80. The highest BCUT2D eigenvalue weighted by Crippen LogP contribution is 2.20. The Bertz CT molecular complexity index is 739. The van der Waals surface area contributed by atoms with Gasteiger partial charge in [0.2, 0.25) is 0 Å². The average Bonchev–Trinajstić information content (AvgIpc) is 2.42. The van der Waals surface area contributed by atoms with Crippen molar-refractivity contribution in [3.8, 4) is 0 Å². The van der Waals surface area contributed by atoms with Gasteiger partial charge in [0.25, 0.3) is 5.56 Å². The molecule has 21 heavy (non-hydrogen) atoms. The molecule has 0 amide bonds. The minimum absolute atomic E-state index is 0.00975. The number of hydrogen-bond acceptors (Lipinski definition) is 3. The lowest BCUT2D eigenvalue weighted by atomic mass is 10.1. The van der Waals surface area contributed by atoms with E-state index >= 15 is 0 Å². The lowest BCUT2D eigenvalue weighted by molar-refractivity contribution is 0.240. The zero-order valence-electron chi connectivity index (χ0n) is 12.2. The highest BCUT2D eigenvalue weighted by atomic mass is 35.5. The molecule has 1 aromatic heterocycles. The molecular formula is C16H18ClN3O. The molecule has 1 aromatic carbocycles. The minimum Gasteiger partial charge on any atom is -0.311 e. The summed E-state index contributed by atoms with van der Waals surface area (Å²) in [4.78, 5) is 21.4. The molecule has 0 atom stereocenters. The van der Waals surface area contributed by atoms with E-state index in [0.717, 1.165) is 41.4 Å². The Kier molecular flexibility index (Phi) is 3.83. The molecule has 3 rings (SSSR count). The van der Waals surface area contributed by atoms with Gasteiger partial charge in [-0.15, -0.1) is 0 Å². The number of benzene rings is 1. The Hall–Kier alpha value is -1.65. The number of nitrogens with one attached hydrogen (secondary N) is 1. The molecule has 0 radical (unpaired) electrons. The molecule has 1 aliphatic rings. The zero-order valence-corrected chi connectivity index (χ0v) is 13.0. The van der Waals surface area contributed by atoms with Gasteiger partial charge in [0.15, 0.2) is 0 Å². The SMILES string of the molecule is Cc1nc2c(c(=O)[nH]1)CCN(Cc1ccc(C)c(Cl)c1)C2. The molecule has 1 N–H and O–H groups in total. The van der Waals surface area contributed by atoms with Crippen molar-refractivity contribution in [2.45, 2.75) is 33.4 Å². The maximum Gasteiger partial charge on any atom is 0.254 e. The predicted molar refractivity (Wildman–Crippen MR) is 83.6 cm³/mol. The Morgan fingerprint density at radius 1 is 1.38 bits per heavy atom. The summed E-state index contributed by atoms with van der Waals surface area (Å²) in [7, 11) is 0. The fourth-order valence-corrected chi connectivity index (χ4v) is 2.95. The number of fused-ring (bicyclic) bond motifs is 1. The van der Waals surface area contributed by atoms with Gasteiger partial charge >= 0.3 is 0 Å². The van der Waals surface area contributed by atoms with Gasteiger partial charge in [-0.05, 0) is 37.5 Å². The highest BCUT2D eigenvalue weighted by molar-refractivity contribution is 6.31. The van der Waals surface area contributed by atoms with E-state index in [1.807, 2.05) is 26.0 Å². The number of H-pyrrole nitrogens is 1. The maximum absolute atomic E-state index is 11.9. The van der Waals surface area contributed by atoms with Crippen molar-refractivity contribution in [3.63, 3.8) is 0 Å². The minimum atomic E-state index is 0.00975. The first-order chi connectivity index (χ1) is 10.0. The molecule has 0 fully saturated rings. The van der Waals surface area contributed by atoms with E-state index in [2.05, 4.69) is 20.9 Å². The Labute approximate surface area is 128 Å². The number of rotatable bonds is 2. The van der Waals surface area contributed by atoms with Crippen LogP contribution in [0.2, 0.25) is 5.02 Å². The van der Waals surface area contributed by atoms with E-state index in [1.165, 1.54) is 5.56 Å². The van der Waals surface area contributed by atoms with Gasteiger partial charge in [-0.3, -0.25) is 9.69 Å². The second-order valence-electron chi connectivity index (χ2n) is 5.62. The van der Waals surface area contributed by atoms with E-state index in [0.29, 0.717) is 12.4 Å². The summed E-state index contributed by atoms with van der Waals surface area (Å²) in [6, 6.07) is 6.17. The average molecular weight is 304 g/mol. The van der Waals surface area contributed by atoms with Crippen molar-refractivity contribution < 1.29 is 0 Å². The van der Waals surface area contributed by atoms with E-state index in [1.54, 1.807) is 0 Å². The molecule has 0 unspecified atom stereocenters. The van der Waals surface area contributed by atoms with Crippen LogP contribution in [0.15, 0.2) is 23.0 Å². The molecule has 0 spiro atoms. The van der Waals surface area contributed by atoms with Crippen LogP contribution in [-0.4, -0.2) is 21.4 Å². The molecule has 1 aliphatic heterocycles. The number of hydrogen-bond donors (Lipinski definition) is 1. The van der Waals surface area contributed by atoms with Crippen molar-refractivity contribution in [2.24, 2.45) is 0 Å². The zero-order chi connectivity index (χ0) is 15.0. The predicted octanol–water partition coefficient (Wildman–Crippen LogP) is 2.60. The maximum atomic E-state index is 11.9. The van der Waals surface area contributed by atoms with Gasteiger partial charge in [-0.25, -0.2) is 4.98 Å². The van der Waals surface area contributed by atoms with Crippen molar-refractivity contribution in [3.05, 3.63) is 61.8 Å². The molecule has 2 aromatic rings. The first-order valence-corrected chi connectivity index (χ1v) is 7.47. The van der Waals surface area contributed by atoms with Gasteiger partial charge in [-0.1, -0.05) is 23.7 Å². The van der Waals surface area contributed by atoms with Crippen LogP contribution < -0.4 is 5.56 Å². The quantitative estimate of drug-likeness (QED) is 0.928. The summed E-state index contributed by atoms with van der Waals surface area (Å²) in [5.41, 5.74) is 4.03. The lowest BCUT2D eigenvalue weighted by Gasteiger charge is -2.27. The summed E-state index contributed by atoms with van der Waals surface area (Å²) >= 11 is 6.18. The van der Waals surface area contributed by atoms with Crippen LogP contribution in [0.5, 0.6) is 0 Å². The van der Waals surface area contributed by atoms with Crippen molar-refractivity contribution in [1.29, 1.82) is 0 Å². The molecule has 110 valence electrons. The van der Waals surface area contributed by atoms with Gasteiger partial charge < -0.3 is 4.98 Å². The van der Waals surface area contributed by atoms with Crippen LogP contribution in [-0.2, 0) is 19.5 Å². The van der Waals surface area contributed by atoms with Gasteiger partial charge in [0.05, 0.1) is 5.69 Å². The van der Waals surface area contributed by atoms with Crippen LogP contribution in [0.3, 0.4) is 0 Å². The van der Waals surface area contributed by atoms with Crippen LogP contribution >= 0.6 is 11.6 Å². The molecule has 2 heterocycles. The van der Waals surface area contributed by atoms with Crippen LogP contribution in [0.4, 0.5) is 0 Å². The van der Waals surface area contributed by atoms with Gasteiger partial charge in [-0.2, -0.15) is 0 Å². The molecule has 0 saturated heterocycles. The summed E-state index contributed by atoms with van der Waals surface area (Å²) in [6.45, 7) is 6.23. The van der Waals surface area contributed by atoms with E-state index in [9.17, 15) is 4.79 Å². The number of aromatic nitrogens is 2. The number of aryl methyl sites for hydroxylation is 2. The Morgan fingerprint density at radius 3 is 2.95 bits per heavy atom. The molecule has 5 heteroatoms. The topological polar surface area (TPSA) is 49.0 Å². The largest absolute Gasteiger partial charge is 0.311 e. The molecule has 0 bridgehead atoms. The molecular weight excluding hydrogens is 286 g/mol. The summed E-state index contributed by atoms with van der Waals surface area (Å²) in [5, 5.41) is 0.801. The van der Waals surface area contributed by atoms with Gasteiger partial charge in [0, 0.05) is 30.2 Å². The van der Waals surface area contributed by atoms with Gasteiger partial charge in [0.1, 0.15) is 5.82 Å². The third-order valence-electron chi connectivity index (χ3n) is 3.91. The normalized spacial score (nSPS) is 15.0. The van der Waals surface area contributed by atoms with E-state index < -0.39 is 0 Å². The van der Waals surface area contributed by atoms with Crippen LogP contribution in [0, 0.1) is 13.8 Å². The van der Waals surface area contributed by atoms with E-state index in [-0.39, 0.29) is 5.56 Å². The van der Waals surface area contributed by atoms with Crippen LogP contribution in [0.25, 0.3) is 0 Å². The number of halogens is 1. The second kappa shape index (κ2) is 5.62. The van der Waals surface area contributed by atoms with Crippen molar-refractivity contribution >= 4 is 11.6 Å². The van der Waals surface area contributed by atoms with Crippen LogP contribution in [0.1, 0.15) is 28.2 Å². The fourth-order valence-electron chi connectivity index (χ4n) is 2.75. The number of nitrogens with zero attached hydrogens (tertiary/aromatic N) is 2. The molecule has 4 nitrogen and oxygen atoms in total. The smallest absolute Gasteiger partial charge is 0.254 e. The third-order valence-corrected chi connectivity index (χ3v) is 4.32. The second-order valence-corrected chi connectivity index (χ2v) is 6.03. The monoisotopic (exact) mass is 303 g/mol. The number of aromatic amines is 1. The molecule has 0 aliphatic carbocycles.